The quantitative estimate of drug-likeness (QED) is 0.789. The van der Waals surface area contributed by atoms with Crippen LogP contribution in [0, 0.1) is 5.92 Å². The normalized spacial score (nSPS) is 32.9. The molecule has 3 aliphatic rings. The van der Waals surface area contributed by atoms with Gasteiger partial charge in [-0.15, -0.1) is 0 Å². The van der Waals surface area contributed by atoms with E-state index in [1.165, 1.54) is 51.6 Å². The molecule has 0 aromatic carbocycles. The number of amides is 2. The second-order valence-electron chi connectivity index (χ2n) is 7.12. The Hall–Kier alpha value is -0.420. The van der Waals surface area contributed by atoms with Crippen LogP contribution >= 0.6 is 11.8 Å². The van der Waals surface area contributed by atoms with Crippen molar-refractivity contribution in [1.82, 2.24) is 15.5 Å². The second-order valence-corrected chi connectivity index (χ2v) is 8.64. The lowest BCUT2D eigenvalue weighted by molar-refractivity contribution is 0.231. The van der Waals surface area contributed by atoms with Crippen molar-refractivity contribution < 1.29 is 4.79 Å². The van der Waals surface area contributed by atoms with Crippen LogP contribution in [0.3, 0.4) is 0 Å². The summed E-state index contributed by atoms with van der Waals surface area (Å²) in [5, 5.41) is 6.98. The van der Waals surface area contributed by atoms with Crippen LogP contribution in [0.5, 0.6) is 0 Å². The Morgan fingerprint density at radius 1 is 1.18 bits per heavy atom. The zero-order chi connectivity index (χ0) is 15.4. The Balaban J connectivity index is 1.36. The topological polar surface area (TPSA) is 44.4 Å². The summed E-state index contributed by atoms with van der Waals surface area (Å²) in [5.74, 6) is 1.79. The standard InChI is InChI=1S/C17H31N3OS/c1-2-22-16-6-4-3-5-15(16)19-17(21)18-11-13-9-10-20(12-13)14-7-8-14/h13-16H,2-12H2,1H3,(H2,18,19,21)/t13-,15+,16+/m0/s1. The molecule has 22 heavy (non-hydrogen) atoms. The minimum absolute atomic E-state index is 0.0541. The number of carbonyl (C=O) groups excluding carboxylic acids is 1. The van der Waals surface area contributed by atoms with Gasteiger partial charge in [0.1, 0.15) is 0 Å². The number of urea groups is 1. The largest absolute Gasteiger partial charge is 0.338 e. The fraction of sp³-hybridized carbons (Fsp3) is 0.941. The molecule has 3 rings (SSSR count). The van der Waals surface area contributed by atoms with Gasteiger partial charge >= 0.3 is 6.03 Å². The fourth-order valence-electron chi connectivity index (χ4n) is 3.93. The molecule has 3 atom stereocenters. The van der Waals surface area contributed by atoms with Crippen molar-refractivity contribution in [2.24, 2.45) is 5.92 Å². The van der Waals surface area contributed by atoms with Crippen molar-refractivity contribution in [1.29, 1.82) is 0 Å². The Morgan fingerprint density at radius 2 is 2.00 bits per heavy atom. The summed E-state index contributed by atoms with van der Waals surface area (Å²) in [6.45, 7) is 5.47. The van der Waals surface area contributed by atoms with Crippen LogP contribution < -0.4 is 10.6 Å². The zero-order valence-electron chi connectivity index (χ0n) is 13.9. The van der Waals surface area contributed by atoms with E-state index in [-0.39, 0.29) is 6.03 Å². The molecule has 4 nitrogen and oxygen atoms in total. The smallest absolute Gasteiger partial charge is 0.315 e. The second kappa shape index (κ2) is 7.91. The number of nitrogens with one attached hydrogen (secondary N) is 2. The maximum absolute atomic E-state index is 12.2. The summed E-state index contributed by atoms with van der Waals surface area (Å²) in [5.41, 5.74) is 0. The minimum atomic E-state index is 0.0541. The third-order valence-corrected chi connectivity index (χ3v) is 6.66. The third-order valence-electron chi connectivity index (χ3n) is 5.33. The van der Waals surface area contributed by atoms with E-state index in [0.29, 0.717) is 17.2 Å². The first kappa shape index (κ1) is 16.4. The number of thioether (sulfide) groups is 1. The summed E-state index contributed by atoms with van der Waals surface area (Å²) in [6.07, 6.45) is 8.99. The summed E-state index contributed by atoms with van der Waals surface area (Å²) < 4.78 is 0. The van der Waals surface area contributed by atoms with Gasteiger partial charge in [-0.05, 0) is 50.3 Å². The van der Waals surface area contributed by atoms with E-state index < -0.39 is 0 Å². The SMILES string of the molecule is CCS[C@@H]1CCCC[C@H]1NC(=O)NC[C@@H]1CCN(C2CC2)C1. The maximum atomic E-state index is 12.2. The Labute approximate surface area is 139 Å². The van der Waals surface area contributed by atoms with Crippen LogP contribution in [0.2, 0.25) is 0 Å². The summed E-state index contributed by atoms with van der Waals surface area (Å²) in [4.78, 5) is 14.8. The molecule has 0 unspecified atom stereocenters. The summed E-state index contributed by atoms with van der Waals surface area (Å²) in [6, 6.07) is 1.29. The molecule has 2 saturated carbocycles. The lowest BCUT2D eigenvalue weighted by Crippen LogP contribution is -2.49. The van der Waals surface area contributed by atoms with Crippen LogP contribution in [-0.2, 0) is 0 Å². The van der Waals surface area contributed by atoms with Gasteiger partial charge in [-0.25, -0.2) is 4.79 Å². The van der Waals surface area contributed by atoms with E-state index in [1.807, 2.05) is 11.8 Å². The van der Waals surface area contributed by atoms with Crippen molar-refractivity contribution in [3.8, 4) is 0 Å². The molecule has 1 heterocycles. The van der Waals surface area contributed by atoms with E-state index in [0.717, 1.165) is 24.8 Å². The molecule has 5 heteroatoms. The first-order chi connectivity index (χ1) is 10.8. The molecule has 126 valence electrons. The highest BCUT2D eigenvalue weighted by molar-refractivity contribution is 7.99. The Kier molecular flexibility index (Phi) is 5.91. The highest BCUT2D eigenvalue weighted by Crippen LogP contribution is 2.31. The molecule has 2 amide bonds. The highest BCUT2D eigenvalue weighted by Gasteiger charge is 2.34. The number of hydrogen-bond acceptors (Lipinski definition) is 3. The predicted molar refractivity (Wildman–Crippen MR) is 93.4 cm³/mol. The Morgan fingerprint density at radius 3 is 2.77 bits per heavy atom. The molecule has 0 aromatic heterocycles. The molecule has 0 spiro atoms. The number of hydrogen-bond donors (Lipinski definition) is 2. The lowest BCUT2D eigenvalue weighted by Gasteiger charge is -2.31. The van der Waals surface area contributed by atoms with Gasteiger partial charge in [0, 0.05) is 30.4 Å². The molecule has 0 aromatic rings. The molecule has 0 bridgehead atoms. The van der Waals surface area contributed by atoms with Gasteiger partial charge in [-0.2, -0.15) is 11.8 Å². The van der Waals surface area contributed by atoms with Gasteiger partial charge in [0.15, 0.2) is 0 Å². The molecular weight excluding hydrogens is 294 g/mol. The van der Waals surface area contributed by atoms with Crippen molar-refractivity contribution in [3.63, 3.8) is 0 Å². The molecule has 1 aliphatic heterocycles. The molecule has 0 radical (unpaired) electrons. The first-order valence-corrected chi connectivity index (χ1v) is 10.2. The lowest BCUT2D eigenvalue weighted by atomic mass is 9.95. The van der Waals surface area contributed by atoms with E-state index in [2.05, 4.69) is 22.5 Å². The molecule has 2 N–H and O–H groups in total. The van der Waals surface area contributed by atoms with Crippen molar-refractivity contribution in [2.75, 3.05) is 25.4 Å². The van der Waals surface area contributed by atoms with E-state index in [1.54, 1.807) is 0 Å². The van der Waals surface area contributed by atoms with Gasteiger partial charge in [0.05, 0.1) is 0 Å². The molecule has 2 aliphatic carbocycles. The van der Waals surface area contributed by atoms with Gasteiger partial charge in [0.2, 0.25) is 0 Å². The van der Waals surface area contributed by atoms with Crippen LogP contribution in [0.4, 0.5) is 4.79 Å². The van der Waals surface area contributed by atoms with Crippen LogP contribution in [0.15, 0.2) is 0 Å². The van der Waals surface area contributed by atoms with E-state index >= 15 is 0 Å². The minimum Gasteiger partial charge on any atom is -0.338 e. The fourth-order valence-corrected chi connectivity index (χ4v) is 5.13. The van der Waals surface area contributed by atoms with Gasteiger partial charge < -0.3 is 15.5 Å². The monoisotopic (exact) mass is 325 g/mol. The van der Waals surface area contributed by atoms with Gasteiger partial charge in [0.25, 0.3) is 0 Å². The molecule has 3 fully saturated rings. The number of carbonyl (C=O) groups is 1. The van der Waals surface area contributed by atoms with Crippen LogP contribution in [0.1, 0.15) is 51.9 Å². The number of likely N-dealkylation sites (tertiary alicyclic amines) is 1. The van der Waals surface area contributed by atoms with E-state index in [4.69, 9.17) is 0 Å². The highest BCUT2D eigenvalue weighted by atomic mass is 32.2. The van der Waals surface area contributed by atoms with Gasteiger partial charge in [-0.3, -0.25) is 0 Å². The third kappa shape index (κ3) is 4.54. The van der Waals surface area contributed by atoms with Crippen LogP contribution in [-0.4, -0.2) is 53.7 Å². The molecular formula is C17H31N3OS. The van der Waals surface area contributed by atoms with Crippen molar-refractivity contribution >= 4 is 17.8 Å². The first-order valence-electron chi connectivity index (χ1n) is 9.16. The average molecular weight is 326 g/mol. The number of rotatable bonds is 6. The maximum Gasteiger partial charge on any atom is 0.315 e. The van der Waals surface area contributed by atoms with E-state index in [9.17, 15) is 4.79 Å². The van der Waals surface area contributed by atoms with Crippen LogP contribution in [0.25, 0.3) is 0 Å². The number of nitrogens with zero attached hydrogens (tertiary/aromatic N) is 1. The Bertz CT molecular complexity index is 373. The average Bonchev–Trinajstić information content (AvgIpc) is 3.26. The summed E-state index contributed by atoms with van der Waals surface area (Å²) in [7, 11) is 0. The van der Waals surface area contributed by atoms with Gasteiger partial charge in [-0.1, -0.05) is 19.8 Å². The van der Waals surface area contributed by atoms with Crippen molar-refractivity contribution in [2.45, 2.75) is 69.2 Å². The summed E-state index contributed by atoms with van der Waals surface area (Å²) >= 11 is 2.01. The predicted octanol–water partition coefficient (Wildman–Crippen LogP) is 2.83. The zero-order valence-corrected chi connectivity index (χ0v) is 14.7. The molecule has 1 saturated heterocycles. The van der Waals surface area contributed by atoms with Crippen molar-refractivity contribution in [3.05, 3.63) is 0 Å².